The number of hydrazine groups is 2. The molecule has 2 rings (SSSR count). The van der Waals surface area contributed by atoms with Crippen molar-refractivity contribution in [2.24, 2.45) is 32.1 Å². The van der Waals surface area contributed by atoms with E-state index in [1.165, 1.54) is 0 Å². The standard InChI is InChI=1S/C9H10N8O3/c10-14-6(19)8(1-3-12-16-8)5(18)9(7(20)15-11)2-4-13-17-9/h1-4H,10-11H2,(H,14,19)(H,15,20). The number of hydrogen-bond donors (Lipinski definition) is 4. The second kappa shape index (κ2) is 4.71. The Bertz CT molecular complexity index is 516. The van der Waals surface area contributed by atoms with E-state index in [1.54, 1.807) is 10.9 Å². The zero-order valence-corrected chi connectivity index (χ0v) is 9.98. The van der Waals surface area contributed by atoms with Crippen molar-refractivity contribution in [3.05, 3.63) is 24.6 Å². The lowest BCUT2D eigenvalue weighted by atomic mass is 9.80. The van der Waals surface area contributed by atoms with E-state index < -0.39 is 28.7 Å². The van der Waals surface area contributed by atoms with E-state index in [2.05, 4.69) is 20.5 Å². The molecule has 104 valence electrons. The van der Waals surface area contributed by atoms with Gasteiger partial charge < -0.3 is 0 Å². The van der Waals surface area contributed by atoms with Crippen LogP contribution in [0.1, 0.15) is 0 Å². The molecular weight excluding hydrogens is 268 g/mol. The smallest absolute Gasteiger partial charge is 0.275 e. The highest BCUT2D eigenvalue weighted by molar-refractivity contribution is 6.25. The van der Waals surface area contributed by atoms with Crippen LogP contribution in [-0.4, -0.2) is 28.7 Å². The highest BCUT2D eigenvalue weighted by atomic mass is 16.2. The number of nitrogens with one attached hydrogen (secondary N) is 2. The van der Waals surface area contributed by atoms with Gasteiger partial charge in [0.15, 0.2) is 0 Å². The maximum absolute atomic E-state index is 12.6. The third-order valence-corrected chi connectivity index (χ3v) is 2.84. The largest absolute Gasteiger partial charge is 0.292 e. The Morgan fingerprint density at radius 3 is 1.50 bits per heavy atom. The lowest BCUT2D eigenvalue weighted by molar-refractivity contribution is -0.139. The van der Waals surface area contributed by atoms with Gasteiger partial charge in [-0.05, 0) is 12.2 Å². The van der Waals surface area contributed by atoms with E-state index in [0.717, 1.165) is 24.6 Å². The third kappa shape index (κ3) is 1.64. The van der Waals surface area contributed by atoms with Gasteiger partial charge in [0.1, 0.15) is 0 Å². The summed E-state index contributed by atoms with van der Waals surface area (Å²) in [5, 5.41) is 14.0. The van der Waals surface area contributed by atoms with E-state index in [-0.39, 0.29) is 0 Å². The zero-order valence-electron chi connectivity index (χ0n) is 9.98. The summed E-state index contributed by atoms with van der Waals surface area (Å²) in [5.41, 5.74) is -0.572. The van der Waals surface area contributed by atoms with E-state index in [9.17, 15) is 14.4 Å². The summed E-state index contributed by atoms with van der Waals surface area (Å²) in [4.78, 5) is 36.4. The number of rotatable bonds is 4. The molecule has 0 aromatic carbocycles. The summed E-state index contributed by atoms with van der Waals surface area (Å²) in [5.74, 6) is 7.17. The minimum Gasteiger partial charge on any atom is -0.292 e. The van der Waals surface area contributed by atoms with Crippen molar-refractivity contribution >= 4 is 17.6 Å². The molecule has 0 radical (unpaired) electrons. The number of carbonyl (C=O) groups excluding carboxylic acids is 3. The van der Waals surface area contributed by atoms with Gasteiger partial charge in [-0.2, -0.15) is 20.5 Å². The summed E-state index contributed by atoms with van der Waals surface area (Å²) in [6, 6.07) is 0. The number of amides is 2. The molecule has 0 aromatic rings. The van der Waals surface area contributed by atoms with Gasteiger partial charge in [0.25, 0.3) is 11.8 Å². The summed E-state index contributed by atoms with van der Waals surface area (Å²) in [6.07, 6.45) is 4.48. The van der Waals surface area contributed by atoms with Crippen LogP contribution in [0.3, 0.4) is 0 Å². The van der Waals surface area contributed by atoms with Gasteiger partial charge in [0.05, 0.1) is 0 Å². The van der Waals surface area contributed by atoms with E-state index in [0.29, 0.717) is 0 Å². The van der Waals surface area contributed by atoms with Crippen molar-refractivity contribution in [1.82, 2.24) is 10.9 Å². The average molecular weight is 278 g/mol. The van der Waals surface area contributed by atoms with Gasteiger partial charge in [-0.1, -0.05) is 0 Å². The average Bonchev–Trinajstić information content (AvgIpc) is 3.15. The van der Waals surface area contributed by atoms with Crippen molar-refractivity contribution in [2.75, 3.05) is 0 Å². The Labute approximate surface area is 111 Å². The molecule has 0 spiro atoms. The molecule has 0 saturated heterocycles. The van der Waals surface area contributed by atoms with Gasteiger partial charge in [-0.25, -0.2) is 11.7 Å². The monoisotopic (exact) mass is 278 g/mol. The van der Waals surface area contributed by atoms with Gasteiger partial charge in [0, 0.05) is 12.4 Å². The second-order valence-corrected chi connectivity index (χ2v) is 3.87. The first-order valence-electron chi connectivity index (χ1n) is 5.30. The normalized spacial score (nSPS) is 29.7. The number of hydrogen-bond acceptors (Lipinski definition) is 9. The fourth-order valence-corrected chi connectivity index (χ4v) is 1.80. The fraction of sp³-hybridized carbons (Fsp3) is 0.222. The Morgan fingerprint density at radius 1 is 0.850 bits per heavy atom. The molecule has 2 heterocycles. The number of azo groups is 2. The first-order chi connectivity index (χ1) is 9.53. The molecule has 11 nitrogen and oxygen atoms in total. The number of nitrogens with zero attached hydrogens (tertiary/aromatic N) is 4. The number of carbonyl (C=O) groups is 3. The van der Waals surface area contributed by atoms with Crippen molar-refractivity contribution in [3.63, 3.8) is 0 Å². The highest BCUT2D eigenvalue weighted by Crippen LogP contribution is 2.32. The maximum atomic E-state index is 12.6. The number of ketones is 1. The quantitative estimate of drug-likeness (QED) is 0.200. The molecule has 0 aromatic heterocycles. The van der Waals surface area contributed by atoms with Crippen molar-refractivity contribution in [1.29, 1.82) is 0 Å². The molecule has 11 heteroatoms. The van der Waals surface area contributed by atoms with Crippen LogP contribution in [0.15, 0.2) is 45.0 Å². The summed E-state index contributed by atoms with van der Waals surface area (Å²) >= 11 is 0. The van der Waals surface area contributed by atoms with Gasteiger partial charge in [-0.3, -0.25) is 25.2 Å². The van der Waals surface area contributed by atoms with Crippen LogP contribution in [0.4, 0.5) is 0 Å². The molecule has 6 N–H and O–H groups in total. The summed E-state index contributed by atoms with van der Waals surface area (Å²) in [6.45, 7) is 0. The Balaban J connectivity index is 2.53. The third-order valence-electron chi connectivity index (χ3n) is 2.84. The molecule has 20 heavy (non-hydrogen) atoms. The predicted molar refractivity (Wildman–Crippen MR) is 63.1 cm³/mol. The van der Waals surface area contributed by atoms with Crippen molar-refractivity contribution in [3.8, 4) is 0 Å². The molecule has 0 aliphatic carbocycles. The lowest BCUT2D eigenvalue weighted by Crippen LogP contribution is -2.62. The Hall–Kier alpha value is -2.79. The minimum absolute atomic E-state index is 0.959. The SMILES string of the molecule is NNC(=O)C1(C(=O)C2(C(=O)NN)C=CN=N2)C=CN=N1. The molecule has 2 atom stereocenters. The van der Waals surface area contributed by atoms with Crippen LogP contribution in [-0.2, 0) is 14.4 Å². The molecule has 0 saturated carbocycles. The minimum atomic E-state index is -2.09. The van der Waals surface area contributed by atoms with E-state index in [4.69, 9.17) is 11.7 Å². The van der Waals surface area contributed by atoms with Gasteiger partial charge in [0.2, 0.25) is 16.9 Å². The molecular formula is C9H10N8O3. The second-order valence-electron chi connectivity index (χ2n) is 3.87. The topological polar surface area (TPSA) is 177 Å². The van der Waals surface area contributed by atoms with Crippen LogP contribution >= 0.6 is 0 Å². The van der Waals surface area contributed by atoms with Crippen LogP contribution in [0.5, 0.6) is 0 Å². The van der Waals surface area contributed by atoms with Crippen LogP contribution in [0.2, 0.25) is 0 Å². The van der Waals surface area contributed by atoms with Crippen LogP contribution in [0, 0.1) is 0 Å². The lowest BCUT2D eigenvalue weighted by Gasteiger charge is -2.26. The predicted octanol–water partition coefficient (Wildman–Crippen LogP) is -2.03. The maximum Gasteiger partial charge on any atom is 0.275 e. The van der Waals surface area contributed by atoms with Crippen molar-refractivity contribution < 1.29 is 14.4 Å². The molecule has 2 unspecified atom stereocenters. The summed E-state index contributed by atoms with van der Waals surface area (Å²) < 4.78 is 0. The Morgan fingerprint density at radius 2 is 1.25 bits per heavy atom. The molecule has 2 amide bonds. The molecule has 0 fully saturated rings. The van der Waals surface area contributed by atoms with E-state index in [1.807, 2.05) is 0 Å². The van der Waals surface area contributed by atoms with Gasteiger partial charge in [-0.15, -0.1) is 0 Å². The van der Waals surface area contributed by atoms with Crippen molar-refractivity contribution in [2.45, 2.75) is 11.1 Å². The fourth-order valence-electron chi connectivity index (χ4n) is 1.80. The summed E-state index contributed by atoms with van der Waals surface area (Å²) in [7, 11) is 0. The van der Waals surface area contributed by atoms with Gasteiger partial charge >= 0.3 is 0 Å². The van der Waals surface area contributed by atoms with Crippen LogP contribution in [0.25, 0.3) is 0 Å². The first-order valence-corrected chi connectivity index (χ1v) is 5.30. The highest BCUT2D eigenvalue weighted by Gasteiger charge is 2.59. The first kappa shape index (κ1) is 13.6. The Kier molecular flexibility index (Phi) is 3.21. The van der Waals surface area contributed by atoms with Crippen LogP contribution < -0.4 is 22.5 Å². The number of nitrogens with two attached hydrogens (primary N) is 2. The molecule has 2 aliphatic rings. The molecule has 0 bridgehead atoms. The molecule has 2 aliphatic heterocycles. The van der Waals surface area contributed by atoms with E-state index >= 15 is 0 Å². The number of Topliss-reactive ketones (excluding diaryl/α,β-unsaturated/α-hetero) is 1. The zero-order chi connectivity index (χ0) is 14.8.